The number of hydrogen-bond acceptors (Lipinski definition) is 4. The zero-order valence-electron chi connectivity index (χ0n) is 15.5. The maximum atomic E-state index is 12.8. The summed E-state index contributed by atoms with van der Waals surface area (Å²) in [6, 6.07) is 10.9. The van der Waals surface area contributed by atoms with Crippen LogP contribution < -0.4 is 15.6 Å². The Morgan fingerprint density at radius 1 is 1.07 bits per heavy atom. The molecule has 3 N–H and O–H groups in total. The zero-order valence-corrected chi connectivity index (χ0v) is 16.3. The van der Waals surface area contributed by atoms with Crippen molar-refractivity contribution < 1.29 is 19.2 Å². The van der Waals surface area contributed by atoms with E-state index in [1.165, 1.54) is 4.90 Å². The minimum atomic E-state index is -0.392. The first-order valence-corrected chi connectivity index (χ1v) is 9.92. The number of thiocarbonyl (C=S) groups is 1. The highest BCUT2D eigenvalue weighted by Gasteiger charge is 2.33. The van der Waals surface area contributed by atoms with Gasteiger partial charge in [0.05, 0.1) is 30.9 Å². The van der Waals surface area contributed by atoms with Gasteiger partial charge in [-0.05, 0) is 29.7 Å². The van der Waals surface area contributed by atoms with Crippen LogP contribution in [0.4, 0.5) is 0 Å². The average Bonchev–Trinajstić information content (AvgIpc) is 2.73. The number of hydrazine groups is 1. The fraction of sp³-hybridized carbons (Fsp3) is 0.350. The number of benzene rings is 2. The lowest BCUT2D eigenvalue weighted by Gasteiger charge is -2.28. The van der Waals surface area contributed by atoms with Gasteiger partial charge in [-0.15, -0.1) is 0 Å². The summed E-state index contributed by atoms with van der Waals surface area (Å²) in [7, 11) is 0. The molecule has 0 spiro atoms. The molecule has 2 aromatic rings. The molecule has 1 fully saturated rings. The summed E-state index contributed by atoms with van der Waals surface area (Å²) in [6.45, 7) is 5.41. The molecule has 0 unspecified atom stereocenters. The van der Waals surface area contributed by atoms with Gasteiger partial charge in [0.2, 0.25) is 0 Å². The SMILES string of the molecule is O=C1c2cccc3cccc(c23)C(=O)N1NC(=S)NCCC[NH+]1CCOCC1. The van der Waals surface area contributed by atoms with Gasteiger partial charge in [-0.2, -0.15) is 5.01 Å². The van der Waals surface area contributed by atoms with Crippen LogP contribution in [-0.4, -0.2) is 61.3 Å². The molecule has 2 amide bonds. The number of nitrogens with one attached hydrogen (secondary N) is 3. The Labute approximate surface area is 168 Å². The summed E-state index contributed by atoms with van der Waals surface area (Å²) < 4.78 is 5.36. The Morgan fingerprint density at radius 2 is 1.71 bits per heavy atom. The van der Waals surface area contributed by atoms with E-state index in [-0.39, 0.29) is 5.11 Å². The lowest BCUT2D eigenvalue weighted by Crippen LogP contribution is -3.14. The lowest BCUT2D eigenvalue weighted by atomic mass is 9.95. The summed E-state index contributed by atoms with van der Waals surface area (Å²) in [5.41, 5.74) is 3.77. The van der Waals surface area contributed by atoms with Crippen molar-refractivity contribution in [1.29, 1.82) is 0 Å². The summed E-state index contributed by atoms with van der Waals surface area (Å²) in [4.78, 5) is 27.2. The summed E-state index contributed by atoms with van der Waals surface area (Å²) >= 11 is 5.30. The molecule has 0 aromatic heterocycles. The highest BCUT2D eigenvalue weighted by atomic mass is 32.1. The third kappa shape index (κ3) is 3.71. The molecule has 0 bridgehead atoms. The average molecular weight is 399 g/mol. The minimum Gasteiger partial charge on any atom is -0.370 e. The predicted molar refractivity (Wildman–Crippen MR) is 109 cm³/mol. The van der Waals surface area contributed by atoms with Gasteiger partial charge in [-0.25, -0.2) is 0 Å². The molecule has 1 saturated heterocycles. The largest absolute Gasteiger partial charge is 0.370 e. The van der Waals surface area contributed by atoms with E-state index in [0.717, 1.165) is 49.7 Å². The zero-order chi connectivity index (χ0) is 19.5. The third-order valence-corrected chi connectivity index (χ3v) is 5.41. The number of morpholine rings is 1. The van der Waals surface area contributed by atoms with E-state index in [9.17, 15) is 9.59 Å². The van der Waals surface area contributed by atoms with E-state index in [1.54, 1.807) is 12.1 Å². The number of nitrogens with zero attached hydrogens (tertiary/aromatic N) is 1. The van der Waals surface area contributed by atoms with E-state index in [1.807, 2.05) is 24.3 Å². The molecule has 2 heterocycles. The Balaban J connectivity index is 1.36. The van der Waals surface area contributed by atoms with E-state index in [2.05, 4.69) is 10.7 Å². The van der Waals surface area contributed by atoms with Crippen molar-refractivity contribution in [2.24, 2.45) is 0 Å². The fourth-order valence-electron chi connectivity index (χ4n) is 3.72. The van der Waals surface area contributed by atoms with Crippen LogP contribution in [0, 0.1) is 0 Å². The molecule has 0 atom stereocenters. The Hall–Kier alpha value is -2.55. The van der Waals surface area contributed by atoms with Gasteiger partial charge in [-0.1, -0.05) is 24.3 Å². The maximum Gasteiger partial charge on any atom is 0.280 e. The summed E-state index contributed by atoms with van der Waals surface area (Å²) in [5, 5.41) is 5.93. The first-order chi connectivity index (χ1) is 13.6. The third-order valence-electron chi connectivity index (χ3n) is 5.18. The van der Waals surface area contributed by atoms with Crippen LogP contribution in [-0.2, 0) is 4.74 Å². The number of hydrogen-bond donors (Lipinski definition) is 3. The van der Waals surface area contributed by atoms with E-state index in [0.29, 0.717) is 23.1 Å². The molecule has 0 aliphatic carbocycles. The quantitative estimate of drug-likeness (QED) is 0.377. The van der Waals surface area contributed by atoms with Gasteiger partial charge in [0.15, 0.2) is 5.11 Å². The molecule has 7 nitrogen and oxygen atoms in total. The van der Waals surface area contributed by atoms with Crippen LogP contribution in [0.15, 0.2) is 36.4 Å². The molecule has 0 radical (unpaired) electrons. The lowest BCUT2D eigenvalue weighted by molar-refractivity contribution is -0.908. The number of carbonyl (C=O) groups is 2. The summed E-state index contributed by atoms with van der Waals surface area (Å²) in [6.07, 6.45) is 0.946. The van der Waals surface area contributed by atoms with Gasteiger partial charge in [0.25, 0.3) is 11.8 Å². The maximum absolute atomic E-state index is 12.8. The Kier molecular flexibility index (Phi) is 5.52. The fourth-order valence-corrected chi connectivity index (χ4v) is 3.92. The Morgan fingerprint density at radius 3 is 2.36 bits per heavy atom. The van der Waals surface area contributed by atoms with Crippen molar-refractivity contribution in [3.8, 4) is 0 Å². The van der Waals surface area contributed by atoms with Gasteiger partial charge >= 0.3 is 0 Å². The monoisotopic (exact) mass is 399 g/mol. The standard InChI is InChI=1S/C20H22N4O3S/c25-18-15-6-1-4-14-5-2-7-16(17(14)15)19(26)24(18)22-20(28)21-8-3-9-23-10-12-27-13-11-23/h1-2,4-7H,3,8-13H2,(H2,21,22,28)/p+1. The number of carbonyl (C=O) groups excluding carboxylic acids is 2. The molecule has 8 heteroatoms. The number of imide groups is 1. The van der Waals surface area contributed by atoms with Crippen LogP contribution in [0.5, 0.6) is 0 Å². The minimum absolute atomic E-state index is 0.269. The second kappa shape index (κ2) is 8.22. The first kappa shape index (κ1) is 18.8. The van der Waals surface area contributed by atoms with Gasteiger partial charge in [-0.3, -0.25) is 15.0 Å². The molecular weight excluding hydrogens is 376 g/mol. The van der Waals surface area contributed by atoms with E-state index >= 15 is 0 Å². The van der Waals surface area contributed by atoms with Crippen LogP contribution in [0.2, 0.25) is 0 Å². The number of quaternary nitrogens is 1. The second-order valence-corrected chi connectivity index (χ2v) is 7.40. The Bertz CT molecular complexity index is 876. The van der Waals surface area contributed by atoms with Gasteiger partial charge < -0.3 is 15.0 Å². The van der Waals surface area contributed by atoms with Crippen LogP contribution in [0.1, 0.15) is 27.1 Å². The molecule has 4 rings (SSSR count). The molecule has 0 saturated carbocycles. The van der Waals surface area contributed by atoms with Crippen LogP contribution in [0.25, 0.3) is 10.8 Å². The summed E-state index contributed by atoms with van der Waals surface area (Å²) in [5.74, 6) is -0.785. The number of rotatable bonds is 5. The van der Waals surface area contributed by atoms with Crippen molar-refractivity contribution in [3.63, 3.8) is 0 Å². The van der Waals surface area contributed by atoms with Gasteiger partial charge in [0, 0.05) is 18.4 Å². The highest BCUT2D eigenvalue weighted by Crippen LogP contribution is 2.29. The van der Waals surface area contributed by atoms with Crippen molar-refractivity contribution in [2.45, 2.75) is 6.42 Å². The second-order valence-electron chi connectivity index (χ2n) is 6.99. The van der Waals surface area contributed by atoms with Crippen LogP contribution >= 0.6 is 12.2 Å². The highest BCUT2D eigenvalue weighted by molar-refractivity contribution is 7.80. The van der Waals surface area contributed by atoms with Crippen molar-refractivity contribution in [2.75, 3.05) is 39.4 Å². The molecule has 146 valence electrons. The van der Waals surface area contributed by atoms with Crippen molar-refractivity contribution in [3.05, 3.63) is 47.5 Å². The number of ether oxygens (including phenoxy) is 1. The smallest absolute Gasteiger partial charge is 0.280 e. The van der Waals surface area contributed by atoms with E-state index < -0.39 is 11.8 Å². The normalized spacial score (nSPS) is 17.1. The topological polar surface area (TPSA) is 75.1 Å². The molecule has 2 aromatic carbocycles. The molecule has 2 aliphatic heterocycles. The molecule has 2 aliphatic rings. The molecule has 28 heavy (non-hydrogen) atoms. The van der Waals surface area contributed by atoms with Crippen molar-refractivity contribution in [1.82, 2.24) is 15.8 Å². The first-order valence-electron chi connectivity index (χ1n) is 9.51. The van der Waals surface area contributed by atoms with E-state index in [4.69, 9.17) is 17.0 Å². The van der Waals surface area contributed by atoms with Crippen molar-refractivity contribution >= 4 is 39.9 Å². The van der Waals surface area contributed by atoms with Gasteiger partial charge in [0.1, 0.15) is 13.1 Å². The predicted octanol–water partition coefficient (Wildman–Crippen LogP) is 0.120. The number of amides is 2. The molecular formula is C20H23N4O3S+. The van der Waals surface area contributed by atoms with Crippen LogP contribution in [0.3, 0.4) is 0 Å².